The van der Waals surface area contributed by atoms with E-state index in [1.165, 1.54) is 5.56 Å². The van der Waals surface area contributed by atoms with E-state index < -0.39 is 0 Å². The molecule has 0 bridgehead atoms. The Hall–Kier alpha value is -2.77. The number of hydrogen-bond donors (Lipinski definition) is 1. The molecule has 2 unspecified atom stereocenters. The van der Waals surface area contributed by atoms with Crippen LogP contribution in [0.25, 0.3) is 5.82 Å². The summed E-state index contributed by atoms with van der Waals surface area (Å²) in [7, 11) is 0. The minimum Gasteiger partial charge on any atom is -0.373 e. The van der Waals surface area contributed by atoms with E-state index in [4.69, 9.17) is 4.74 Å². The fraction of sp³-hybridized carbons (Fsp3) is 0.435. The van der Waals surface area contributed by atoms with Gasteiger partial charge in [-0.25, -0.2) is 4.68 Å². The Morgan fingerprint density at radius 2 is 1.97 bits per heavy atom. The van der Waals surface area contributed by atoms with Crippen molar-refractivity contribution in [1.29, 1.82) is 0 Å². The average Bonchev–Trinajstić information content (AvgIpc) is 3.11. The van der Waals surface area contributed by atoms with Gasteiger partial charge in [-0.05, 0) is 44.0 Å². The largest absolute Gasteiger partial charge is 0.373 e. The van der Waals surface area contributed by atoms with Crippen LogP contribution in [0.15, 0.2) is 48.5 Å². The highest BCUT2D eigenvalue weighted by Crippen LogP contribution is 2.18. The number of ether oxygens (including phenoxy) is 1. The Morgan fingerprint density at radius 3 is 2.63 bits per heavy atom. The van der Waals surface area contributed by atoms with Crippen LogP contribution >= 0.6 is 0 Å². The smallest absolute Gasteiger partial charge is 0.176 e. The Balaban J connectivity index is 1.39. The van der Waals surface area contributed by atoms with Crippen molar-refractivity contribution < 1.29 is 4.74 Å². The van der Waals surface area contributed by atoms with Gasteiger partial charge >= 0.3 is 0 Å². The highest BCUT2D eigenvalue weighted by atomic mass is 16.5. The molecule has 0 amide bonds. The standard InChI is InChI=1S/C23H30N6O/c1-4-20(21-16-28(12-13-30-21)15-19-8-6-5-7-9-19)24-22-10-11-23(26-25-22)29-18(3)14-17(2)27-29/h5-11,14,20-21H,4,12-13,15-16H2,1-3H3,(H,24,25). The SMILES string of the molecule is CCC(Nc1ccc(-n2nc(C)cc2C)nn1)C1CN(Cc2ccccc2)CCO1. The van der Waals surface area contributed by atoms with Gasteiger partial charge in [-0.1, -0.05) is 37.3 Å². The van der Waals surface area contributed by atoms with Crippen LogP contribution in [0, 0.1) is 13.8 Å². The molecule has 3 heterocycles. The monoisotopic (exact) mass is 406 g/mol. The van der Waals surface area contributed by atoms with Gasteiger partial charge in [0.15, 0.2) is 5.82 Å². The topological polar surface area (TPSA) is 68.1 Å². The molecular formula is C23H30N6O. The first kappa shape index (κ1) is 20.5. The van der Waals surface area contributed by atoms with Gasteiger partial charge in [0.1, 0.15) is 5.82 Å². The summed E-state index contributed by atoms with van der Waals surface area (Å²) in [5.41, 5.74) is 3.35. The molecule has 2 aromatic heterocycles. The number of anilines is 1. The number of hydrogen-bond acceptors (Lipinski definition) is 6. The zero-order valence-electron chi connectivity index (χ0n) is 18.0. The number of aryl methyl sites for hydroxylation is 2. The maximum Gasteiger partial charge on any atom is 0.176 e. The van der Waals surface area contributed by atoms with Gasteiger partial charge in [-0.15, -0.1) is 10.2 Å². The second-order valence-corrected chi connectivity index (χ2v) is 7.90. The predicted octanol–water partition coefficient (Wildman–Crippen LogP) is 3.37. The molecule has 1 N–H and O–H groups in total. The van der Waals surface area contributed by atoms with Crippen molar-refractivity contribution in [1.82, 2.24) is 24.9 Å². The van der Waals surface area contributed by atoms with Crippen LogP contribution < -0.4 is 5.32 Å². The highest BCUT2D eigenvalue weighted by molar-refractivity contribution is 5.38. The van der Waals surface area contributed by atoms with E-state index in [-0.39, 0.29) is 12.1 Å². The third kappa shape index (κ3) is 4.86. The summed E-state index contributed by atoms with van der Waals surface area (Å²) in [4.78, 5) is 2.46. The average molecular weight is 407 g/mol. The quantitative estimate of drug-likeness (QED) is 0.649. The molecule has 0 saturated carbocycles. The third-order valence-corrected chi connectivity index (χ3v) is 5.53. The summed E-state index contributed by atoms with van der Waals surface area (Å²) in [6, 6.07) is 16.7. The lowest BCUT2D eigenvalue weighted by atomic mass is 10.1. The van der Waals surface area contributed by atoms with E-state index in [9.17, 15) is 0 Å². The summed E-state index contributed by atoms with van der Waals surface area (Å²) in [6.45, 7) is 9.73. The fourth-order valence-electron chi connectivity index (χ4n) is 3.98. The van der Waals surface area contributed by atoms with Crippen molar-refractivity contribution in [2.75, 3.05) is 25.0 Å². The molecule has 0 spiro atoms. The van der Waals surface area contributed by atoms with Crippen LogP contribution in [0.4, 0.5) is 5.82 Å². The Labute approximate surface area is 178 Å². The lowest BCUT2D eigenvalue weighted by molar-refractivity contribution is -0.0403. The third-order valence-electron chi connectivity index (χ3n) is 5.53. The van der Waals surface area contributed by atoms with Crippen LogP contribution in [0.3, 0.4) is 0 Å². The first-order valence-corrected chi connectivity index (χ1v) is 10.6. The van der Waals surface area contributed by atoms with Crippen LogP contribution in [0.1, 0.15) is 30.3 Å². The molecule has 0 aliphatic carbocycles. The normalized spacial score (nSPS) is 18.3. The number of nitrogens with zero attached hydrogens (tertiary/aromatic N) is 5. The van der Waals surface area contributed by atoms with E-state index >= 15 is 0 Å². The highest BCUT2D eigenvalue weighted by Gasteiger charge is 2.27. The van der Waals surface area contributed by atoms with Gasteiger partial charge in [0, 0.05) is 25.3 Å². The molecule has 7 heteroatoms. The summed E-state index contributed by atoms with van der Waals surface area (Å²) < 4.78 is 7.93. The van der Waals surface area contributed by atoms with Crippen molar-refractivity contribution in [3.63, 3.8) is 0 Å². The van der Waals surface area contributed by atoms with Crippen LogP contribution in [-0.2, 0) is 11.3 Å². The maximum atomic E-state index is 6.12. The van der Waals surface area contributed by atoms with E-state index in [0.717, 1.165) is 55.7 Å². The number of benzene rings is 1. The summed E-state index contributed by atoms with van der Waals surface area (Å²) in [6.07, 6.45) is 1.06. The van der Waals surface area contributed by atoms with Gasteiger partial charge in [0.05, 0.1) is 24.4 Å². The minimum atomic E-state index is 0.116. The zero-order valence-corrected chi connectivity index (χ0v) is 18.0. The van der Waals surface area contributed by atoms with E-state index in [0.29, 0.717) is 0 Å². The van der Waals surface area contributed by atoms with Gasteiger partial charge in [-0.3, -0.25) is 4.90 Å². The van der Waals surface area contributed by atoms with Crippen LogP contribution in [-0.4, -0.2) is 56.7 Å². The molecule has 1 fully saturated rings. The molecule has 1 aromatic carbocycles. The summed E-state index contributed by atoms with van der Waals surface area (Å²) in [5.74, 6) is 1.48. The molecule has 1 saturated heterocycles. The fourth-order valence-corrected chi connectivity index (χ4v) is 3.98. The summed E-state index contributed by atoms with van der Waals surface area (Å²) >= 11 is 0. The van der Waals surface area contributed by atoms with Gasteiger partial charge < -0.3 is 10.1 Å². The van der Waals surface area contributed by atoms with E-state index in [1.54, 1.807) is 0 Å². The van der Waals surface area contributed by atoms with Gasteiger partial charge in [0.2, 0.25) is 0 Å². The molecular weight excluding hydrogens is 376 g/mol. The second-order valence-electron chi connectivity index (χ2n) is 7.90. The zero-order chi connectivity index (χ0) is 20.9. The van der Waals surface area contributed by atoms with Gasteiger partial charge in [-0.2, -0.15) is 5.10 Å². The van der Waals surface area contributed by atoms with Crippen LogP contribution in [0.5, 0.6) is 0 Å². The lowest BCUT2D eigenvalue weighted by Crippen LogP contribution is -2.49. The molecule has 7 nitrogen and oxygen atoms in total. The maximum absolute atomic E-state index is 6.12. The number of morpholine rings is 1. The molecule has 3 aromatic rings. The Morgan fingerprint density at radius 1 is 1.13 bits per heavy atom. The van der Waals surface area contributed by atoms with Gasteiger partial charge in [0.25, 0.3) is 0 Å². The molecule has 4 rings (SSSR count). The molecule has 30 heavy (non-hydrogen) atoms. The Kier molecular flexibility index (Phi) is 6.40. The summed E-state index contributed by atoms with van der Waals surface area (Å²) in [5, 5.41) is 16.7. The van der Waals surface area contributed by atoms with Crippen molar-refractivity contribution >= 4 is 5.82 Å². The molecule has 158 valence electrons. The number of nitrogens with one attached hydrogen (secondary N) is 1. The number of aromatic nitrogens is 4. The van der Waals surface area contributed by atoms with Crippen molar-refractivity contribution in [3.05, 3.63) is 65.5 Å². The second kappa shape index (κ2) is 9.36. The molecule has 1 aliphatic heterocycles. The van der Waals surface area contributed by atoms with Crippen molar-refractivity contribution in [2.45, 2.75) is 45.9 Å². The molecule has 2 atom stereocenters. The van der Waals surface area contributed by atoms with Crippen LogP contribution in [0.2, 0.25) is 0 Å². The van der Waals surface area contributed by atoms with E-state index in [1.807, 2.05) is 36.7 Å². The Bertz CT molecular complexity index is 940. The van der Waals surface area contributed by atoms with Crippen molar-refractivity contribution in [2.24, 2.45) is 0 Å². The van der Waals surface area contributed by atoms with Crippen molar-refractivity contribution in [3.8, 4) is 5.82 Å². The lowest BCUT2D eigenvalue weighted by Gasteiger charge is -2.37. The molecule has 1 aliphatic rings. The molecule has 0 radical (unpaired) electrons. The number of rotatable bonds is 7. The first-order valence-electron chi connectivity index (χ1n) is 10.6. The first-order chi connectivity index (χ1) is 14.6. The predicted molar refractivity (Wildman–Crippen MR) is 118 cm³/mol. The minimum absolute atomic E-state index is 0.116. The van der Waals surface area contributed by atoms with E-state index in [2.05, 4.69) is 62.8 Å².